The van der Waals surface area contributed by atoms with Gasteiger partial charge >= 0.3 is 0 Å². The first-order chi connectivity index (χ1) is 14.0. The molecule has 2 aromatic carbocycles. The van der Waals surface area contributed by atoms with Crippen LogP contribution in [0.15, 0.2) is 47.5 Å². The number of hydrogen-bond acceptors (Lipinski definition) is 6. The van der Waals surface area contributed by atoms with E-state index in [1.54, 1.807) is 13.1 Å². The van der Waals surface area contributed by atoms with E-state index in [1.807, 2.05) is 36.4 Å². The van der Waals surface area contributed by atoms with E-state index in [-0.39, 0.29) is 0 Å². The van der Waals surface area contributed by atoms with Crippen LogP contribution in [0.25, 0.3) is 16.0 Å². The van der Waals surface area contributed by atoms with Crippen molar-refractivity contribution in [2.24, 2.45) is 10.7 Å². The topological polar surface area (TPSA) is 73.7 Å². The normalized spacial score (nSPS) is 28.0. The molecule has 148 valence electrons. The van der Waals surface area contributed by atoms with Crippen LogP contribution in [-0.4, -0.2) is 36.9 Å². The van der Waals surface area contributed by atoms with Crippen molar-refractivity contribution in [1.29, 1.82) is 0 Å². The Labute approximate surface area is 169 Å². The molecular formula is C22H22N4O3. The molecule has 1 saturated heterocycles. The van der Waals surface area contributed by atoms with E-state index >= 15 is 0 Å². The standard InChI is InChI=1S/C22H22N4O3/c1-24-17-6-3-5-15(11-17)16-7-8-19-18(12-16)22(25-20(23)26(2)29-22)13-21(28-19)9-4-10-27-14-21/h3,5-8,11-12H,4,9-10,13-14H2,2H3,(H2,23,25). The van der Waals surface area contributed by atoms with Crippen molar-refractivity contribution in [3.63, 3.8) is 0 Å². The smallest absolute Gasteiger partial charge is 0.222 e. The Morgan fingerprint density at radius 2 is 2.07 bits per heavy atom. The maximum Gasteiger partial charge on any atom is 0.222 e. The molecule has 2 atom stereocenters. The molecule has 7 nitrogen and oxygen atoms in total. The van der Waals surface area contributed by atoms with Crippen molar-refractivity contribution < 1.29 is 14.3 Å². The number of nitrogens with two attached hydrogens (primary N) is 1. The van der Waals surface area contributed by atoms with Gasteiger partial charge in [-0.2, -0.15) is 0 Å². The first-order valence-corrected chi connectivity index (χ1v) is 9.70. The van der Waals surface area contributed by atoms with Gasteiger partial charge in [0.2, 0.25) is 11.7 Å². The number of rotatable bonds is 1. The molecular weight excluding hydrogens is 368 g/mol. The predicted octanol–water partition coefficient (Wildman–Crippen LogP) is 3.58. The van der Waals surface area contributed by atoms with Crippen LogP contribution < -0.4 is 10.5 Å². The van der Waals surface area contributed by atoms with E-state index in [2.05, 4.69) is 4.85 Å². The second-order valence-electron chi connectivity index (χ2n) is 7.83. The molecule has 3 heterocycles. The molecule has 0 aliphatic carbocycles. The largest absolute Gasteiger partial charge is 0.484 e. The number of hydroxylamine groups is 2. The van der Waals surface area contributed by atoms with E-state index in [4.69, 9.17) is 31.6 Å². The minimum atomic E-state index is -0.944. The lowest BCUT2D eigenvalue weighted by atomic mass is 9.80. The monoisotopic (exact) mass is 390 g/mol. The maximum atomic E-state index is 7.28. The van der Waals surface area contributed by atoms with E-state index in [0.29, 0.717) is 24.7 Å². The molecule has 29 heavy (non-hydrogen) atoms. The molecule has 0 bridgehead atoms. The molecule has 0 radical (unpaired) electrons. The third-order valence-corrected chi connectivity index (χ3v) is 5.79. The molecule has 5 rings (SSSR count). The third kappa shape index (κ3) is 2.92. The first kappa shape index (κ1) is 18.0. The Hall–Kier alpha value is -3.08. The summed E-state index contributed by atoms with van der Waals surface area (Å²) in [6.45, 7) is 8.52. The van der Waals surface area contributed by atoms with Gasteiger partial charge in [-0.25, -0.2) is 19.7 Å². The minimum Gasteiger partial charge on any atom is -0.484 e. The van der Waals surface area contributed by atoms with Crippen molar-refractivity contribution >= 4 is 11.6 Å². The molecule has 0 aromatic heterocycles. The summed E-state index contributed by atoms with van der Waals surface area (Å²) in [5.41, 5.74) is 8.04. The van der Waals surface area contributed by atoms with Crippen molar-refractivity contribution in [3.05, 3.63) is 59.4 Å². The summed E-state index contributed by atoms with van der Waals surface area (Å²) in [6.07, 6.45) is 2.34. The number of benzene rings is 2. The zero-order valence-corrected chi connectivity index (χ0v) is 16.2. The lowest BCUT2D eigenvalue weighted by molar-refractivity contribution is -0.216. The van der Waals surface area contributed by atoms with E-state index in [0.717, 1.165) is 41.9 Å². The molecule has 2 unspecified atom stereocenters. The van der Waals surface area contributed by atoms with Crippen molar-refractivity contribution in [3.8, 4) is 16.9 Å². The molecule has 7 heteroatoms. The van der Waals surface area contributed by atoms with E-state index < -0.39 is 11.3 Å². The molecule has 2 spiro atoms. The summed E-state index contributed by atoms with van der Waals surface area (Å²) >= 11 is 0. The molecule has 1 fully saturated rings. The van der Waals surface area contributed by atoms with Gasteiger partial charge in [-0.05, 0) is 42.2 Å². The Kier molecular flexibility index (Phi) is 4.02. The second kappa shape index (κ2) is 6.48. The Balaban J connectivity index is 1.64. The zero-order chi connectivity index (χ0) is 20.1. The van der Waals surface area contributed by atoms with Gasteiger partial charge in [0.05, 0.1) is 18.7 Å². The summed E-state index contributed by atoms with van der Waals surface area (Å²) in [7, 11) is 1.76. The molecule has 3 aliphatic heterocycles. The Bertz CT molecular complexity index is 1040. The van der Waals surface area contributed by atoms with Crippen LogP contribution in [0.1, 0.15) is 24.8 Å². The van der Waals surface area contributed by atoms with Crippen LogP contribution in [0, 0.1) is 6.57 Å². The Morgan fingerprint density at radius 1 is 1.21 bits per heavy atom. The lowest BCUT2D eigenvalue weighted by Gasteiger charge is -2.46. The highest BCUT2D eigenvalue weighted by Crippen LogP contribution is 2.51. The third-order valence-electron chi connectivity index (χ3n) is 5.79. The van der Waals surface area contributed by atoms with Crippen LogP contribution >= 0.6 is 0 Å². The number of nitrogens with zero attached hydrogens (tertiary/aromatic N) is 3. The zero-order valence-electron chi connectivity index (χ0n) is 16.2. The van der Waals surface area contributed by atoms with E-state index in [9.17, 15) is 0 Å². The molecule has 0 amide bonds. The quantitative estimate of drug-likeness (QED) is 0.754. The summed E-state index contributed by atoms with van der Waals surface area (Å²) in [5.74, 6) is 1.07. The molecule has 3 aliphatic rings. The van der Waals surface area contributed by atoms with Crippen LogP contribution in [0.2, 0.25) is 0 Å². The van der Waals surface area contributed by atoms with Gasteiger partial charge in [-0.1, -0.05) is 24.3 Å². The molecule has 0 saturated carbocycles. The van der Waals surface area contributed by atoms with Gasteiger partial charge in [-0.3, -0.25) is 0 Å². The van der Waals surface area contributed by atoms with Gasteiger partial charge in [0.15, 0.2) is 5.69 Å². The summed E-state index contributed by atoms with van der Waals surface area (Å²) < 4.78 is 12.2. The van der Waals surface area contributed by atoms with Gasteiger partial charge < -0.3 is 15.2 Å². The number of ether oxygens (including phenoxy) is 2. The maximum absolute atomic E-state index is 7.28. The second-order valence-corrected chi connectivity index (χ2v) is 7.83. The minimum absolute atomic E-state index is 0.338. The van der Waals surface area contributed by atoms with Crippen LogP contribution in [0.3, 0.4) is 0 Å². The summed E-state index contributed by atoms with van der Waals surface area (Å²) in [6, 6.07) is 13.5. The van der Waals surface area contributed by atoms with Crippen LogP contribution in [-0.2, 0) is 15.3 Å². The lowest BCUT2D eigenvalue weighted by Crippen LogP contribution is -2.53. The first-order valence-electron chi connectivity index (χ1n) is 9.70. The average Bonchev–Trinajstić information content (AvgIpc) is 3.01. The fourth-order valence-electron chi connectivity index (χ4n) is 4.44. The van der Waals surface area contributed by atoms with Crippen molar-refractivity contribution in [1.82, 2.24) is 5.06 Å². The van der Waals surface area contributed by atoms with Gasteiger partial charge in [-0.15, -0.1) is 0 Å². The van der Waals surface area contributed by atoms with Crippen LogP contribution in [0.5, 0.6) is 5.75 Å². The average molecular weight is 390 g/mol. The number of aliphatic imine (C=N–C) groups is 1. The summed E-state index contributed by atoms with van der Waals surface area (Å²) in [5, 5.41) is 1.51. The fraction of sp³-hybridized carbons (Fsp3) is 0.364. The number of hydrogen-bond donors (Lipinski definition) is 1. The van der Waals surface area contributed by atoms with Gasteiger partial charge in [0, 0.05) is 20.1 Å². The highest BCUT2D eigenvalue weighted by atomic mass is 16.7. The number of fused-ring (bicyclic) bond motifs is 2. The highest BCUT2D eigenvalue weighted by molar-refractivity contribution is 5.79. The van der Waals surface area contributed by atoms with Crippen LogP contribution in [0.4, 0.5) is 5.69 Å². The summed E-state index contributed by atoms with van der Waals surface area (Å²) in [4.78, 5) is 14.5. The SMILES string of the molecule is [C-]#[N+]c1cccc(-c2ccc3c(c2)C2(CC4(CCCOC4)O3)N=C(N)N(C)O2)c1. The van der Waals surface area contributed by atoms with Gasteiger partial charge in [0.25, 0.3) is 0 Å². The van der Waals surface area contributed by atoms with E-state index in [1.165, 1.54) is 5.06 Å². The molecule has 2 N–H and O–H groups in total. The molecule has 2 aromatic rings. The van der Waals surface area contributed by atoms with Gasteiger partial charge in [0.1, 0.15) is 11.4 Å². The van der Waals surface area contributed by atoms with Crippen molar-refractivity contribution in [2.45, 2.75) is 30.6 Å². The highest BCUT2D eigenvalue weighted by Gasteiger charge is 2.55. The predicted molar refractivity (Wildman–Crippen MR) is 108 cm³/mol. The Morgan fingerprint density at radius 3 is 2.79 bits per heavy atom. The fourth-order valence-corrected chi connectivity index (χ4v) is 4.44. The number of guanidine groups is 1. The van der Waals surface area contributed by atoms with Crippen molar-refractivity contribution in [2.75, 3.05) is 20.3 Å².